The molecule has 3 atom stereocenters. The SMILES string of the molecule is O=C1O[C@H](c2cc(C(F)(F)F)cc(C(F)(F)F)c2)[C@@H]2CCC[C@@H](c3cc(C(F)(F)F)ccc3-c3ccsc3)N12. The molecule has 0 unspecified atom stereocenters. The van der Waals surface area contributed by atoms with Gasteiger partial charge in [0.05, 0.1) is 28.8 Å². The first-order valence-corrected chi connectivity index (χ1v) is 12.6. The maximum atomic E-state index is 13.6. The lowest BCUT2D eigenvalue weighted by molar-refractivity contribution is -0.143. The van der Waals surface area contributed by atoms with E-state index in [2.05, 4.69) is 0 Å². The molecule has 2 aliphatic heterocycles. The van der Waals surface area contributed by atoms with E-state index in [-0.39, 0.29) is 24.5 Å². The average Bonchev–Trinajstić information content (AvgIpc) is 3.50. The molecule has 13 heteroatoms. The molecule has 0 aliphatic carbocycles. The number of hydrogen-bond acceptors (Lipinski definition) is 3. The second-order valence-electron chi connectivity index (χ2n) is 9.38. The molecular formula is C26H18F9NO2S. The highest BCUT2D eigenvalue weighted by Gasteiger charge is 2.50. The molecule has 3 heterocycles. The van der Waals surface area contributed by atoms with E-state index in [0.29, 0.717) is 29.7 Å². The number of thiophene rings is 1. The Hall–Kier alpha value is -3.22. The minimum Gasteiger partial charge on any atom is -0.439 e. The van der Waals surface area contributed by atoms with Gasteiger partial charge in [-0.1, -0.05) is 6.07 Å². The van der Waals surface area contributed by atoms with Crippen molar-refractivity contribution in [3.05, 3.63) is 81.0 Å². The number of fused-ring (bicyclic) bond motifs is 1. The largest absolute Gasteiger partial charge is 0.439 e. The van der Waals surface area contributed by atoms with Gasteiger partial charge in [0.2, 0.25) is 0 Å². The standard InChI is InChI=1S/C26H18F9NO2S/c27-24(28,29)15-4-5-18(13-6-7-39-12-13)19(11-15)20-2-1-3-21-22(38-23(37)36(20)21)14-8-16(25(30,31)32)10-17(9-14)26(33,34)35/h4-12,20-22H,1-3H2/t20-,21-,22+/m0/s1. The molecule has 5 rings (SSSR count). The number of benzene rings is 2. The molecule has 1 amide bonds. The normalized spacial score (nSPS) is 22.1. The van der Waals surface area contributed by atoms with Gasteiger partial charge in [-0.05, 0) is 88.7 Å². The monoisotopic (exact) mass is 579 g/mol. The number of cyclic esters (lactones) is 1. The lowest BCUT2D eigenvalue weighted by Crippen LogP contribution is -2.41. The Morgan fingerprint density at radius 1 is 0.795 bits per heavy atom. The maximum absolute atomic E-state index is 13.6. The van der Waals surface area contributed by atoms with Gasteiger partial charge in [0.25, 0.3) is 0 Å². The van der Waals surface area contributed by atoms with Gasteiger partial charge in [0, 0.05) is 0 Å². The van der Waals surface area contributed by atoms with Crippen molar-refractivity contribution in [1.29, 1.82) is 0 Å². The van der Waals surface area contributed by atoms with Crippen LogP contribution in [0.25, 0.3) is 11.1 Å². The molecule has 1 aromatic heterocycles. The third-order valence-electron chi connectivity index (χ3n) is 6.97. The summed E-state index contributed by atoms with van der Waals surface area (Å²) < 4.78 is 127. The van der Waals surface area contributed by atoms with Gasteiger partial charge in [0.15, 0.2) is 0 Å². The van der Waals surface area contributed by atoms with Gasteiger partial charge < -0.3 is 4.74 Å². The van der Waals surface area contributed by atoms with Crippen LogP contribution in [0.1, 0.15) is 59.2 Å². The fraction of sp³-hybridized carbons (Fsp3) is 0.346. The smallest absolute Gasteiger partial charge is 0.416 e. The molecule has 2 saturated heterocycles. The Labute approximate surface area is 219 Å². The van der Waals surface area contributed by atoms with Crippen LogP contribution >= 0.6 is 11.3 Å². The molecular weight excluding hydrogens is 561 g/mol. The van der Waals surface area contributed by atoms with Crippen molar-refractivity contribution in [2.75, 3.05) is 0 Å². The molecule has 2 aromatic carbocycles. The summed E-state index contributed by atoms with van der Waals surface area (Å²) in [5, 5.41) is 3.45. The Morgan fingerprint density at radius 3 is 2.00 bits per heavy atom. The quantitative estimate of drug-likeness (QED) is 0.290. The van der Waals surface area contributed by atoms with Crippen molar-refractivity contribution in [3.63, 3.8) is 0 Å². The van der Waals surface area contributed by atoms with Crippen LogP contribution in [0.2, 0.25) is 0 Å². The predicted octanol–water partition coefficient (Wildman–Crippen LogP) is 9.26. The van der Waals surface area contributed by atoms with Gasteiger partial charge in [-0.3, -0.25) is 4.90 Å². The van der Waals surface area contributed by atoms with Crippen LogP contribution in [0.4, 0.5) is 44.3 Å². The third kappa shape index (κ3) is 5.20. The van der Waals surface area contributed by atoms with Crippen LogP contribution < -0.4 is 0 Å². The zero-order chi connectivity index (χ0) is 28.3. The molecule has 0 radical (unpaired) electrons. The van der Waals surface area contributed by atoms with E-state index in [4.69, 9.17) is 4.74 Å². The average molecular weight is 579 g/mol. The van der Waals surface area contributed by atoms with Crippen LogP contribution in [0, 0.1) is 0 Å². The number of rotatable bonds is 3. The highest BCUT2D eigenvalue weighted by Crippen LogP contribution is 2.49. The molecule has 0 saturated carbocycles. The van der Waals surface area contributed by atoms with Crippen LogP contribution in [-0.2, 0) is 23.3 Å². The first-order valence-electron chi connectivity index (χ1n) is 11.7. The first-order chi connectivity index (χ1) is 18.1. The Kier molecular flexibility index (Phi) is 6.63. The van der Waals surface area contributed by atoms with Gasteiger partial charge in [-0.15, -0.1) is 0 Å². The van der Waals surface area contributed by atoms with E-state index in [1.54, 1.807) is 16.8 Å². The summed E-state index contributed by atoms with van der Waals surface area (Å²) in [6.07, 6.45) is -16.6. The minimum atomic E-state index is -5.10. The fourth-order valence-electron chi connectivity index (χ4n) is 5.27. The summed E-state index contributed by atoms with van der Waals surface area (Å²) in [6, 6.07) is 3.95. The van der Waals surface area contributed by atoms with Gasteiger partial charge in [0.1, 0.15) is 6.10 Å². The van der Waals surface area contributed by atoms with Crippen LogP contribution in [0.15, 0.2) is 53.2 Å². The van der Waals surface area contributed by atoms with E-state index < -0.39 is 65.1 Å². The molecule has 208 valence electrons. The zero-order valence-corrected chi connectivity index (χ0v) is 20.4. The Bertz CT molecular complexity index is 1350. The predicted molar refractivity (Wildman–Crippen MR) is 123 cm³/mol. The first kappa shape index (κ1) is 27.4. The van der Waals surface area contributed by atoms with Crippen molar-refractivity contribution in [1.82, 2.24) is 4.90 Å². The zero-order valence-electron chi connectivity index (χ0n) is 19.6. The van der Waals surface area contributed by atoms with Crippen molar-refractivity contribution >= 4 is 17.4 Å². The van der Waals surface area contributed by atoms with E-state index in [0.717, 1.165) is 17.0 Å². The molecule has 3 aromatic rings. The molecule has 39 heavy (non-hydrogen) atoms. The van der Waals surface area contributed by atoms with Crippen LogP contribution in [-0.4, -0.2) is 17.0 Å². The van der Waals surface area contributed by atoms with Gasteiger partial charge in [-0.2, -0.15) is 50.9 Å². The van der Waals surface area contributed by atoms with Crippen LogP contribution in [0.5, 0.6) is 0 Å². The van der Waals surface area contributed by atoms with E-state index >= 15 is 0 Å². The summed E-state index contributed by atoms with van der Waals surface area (Å²) in [5.74, 6) is 0. The number of halogens is 9. The highest BCUT2D eigenvalue weighted by molar-refractivity contribution is 7.08. The van der Waals surface area contributed by atoms with Crippen LogP contribution in [0.3, 0.4) is 0 Å². The topological polar surface area (TPSA) is 29.5 Å². The Morgan fingerprint density at radius 2 is 1.44 bits per heavy atom. The molecule has 0 spiro atoms. The van der Waals surface area contributed by atoms with Crippen molar-refractivity contribution in [2.45, 2.75) is 56.0 Å². The highest BCUT2D eigenvalue weighted by atomic mass is 32.1. The second kappa shape index (κ2) is 9.46. The van der Waals surface area contributed by atoms with E-state index in [1.807, 2.05) is 0 Å². The number of nitrogens with zero attached hydrogens (tertiary/aromatic N) is 1. The summed E-state index contributed by atoms with van der Waals surface area (Å²) in [5.41, 5.74) is -3.31. The number of amides is 1. The van der Waals surface area contributed by atoms with Crippen molar-refractivity contribution < 1.29 is 49.0 Å². The molecule has 2 aliphatic rings. The van der Waals surface area contributed by atoms with Crippen molar-refractivity contribution in [2.24, 2.45) is 0 Å². The molecule has 2 fully saturated rings. The second-order valence-corrected chi connectivity index (χ2v) is 10.2. The summed E-state index contributed by atoms with van der Waals surface area (Å²) in [7, 11) is 0. The third-order valence-corrected chi connectivity index (χ3v) is 7.65. The number of alkyl halides is 9. The van der Waals surface area contributed by atoms with Crippen molar-refractivity contribution in [3.8, 4) is 11.1 Å². The fourth-order valence-corrected chi connectivity index (χ4v) is 5.93. The molecule has 0 bridgehead atoms. The number of carbonyl (C=O) groups is 1. The van der Waals surface area contributed by atoms with Gasteiger partial charge >= 0.3 is 24.6 Å². The van der Waals surface area contributed by atoms with Gasteiger partial charge in [-0.25, -0.2) is 4.79 Å². The summed E-state index contributed by atoms with van der Waals surface area (Å²) >= 11 is 1.31. The lowest BCUT2D eigenvalue weighted by Gasteiger charge is -2.38. The lowest BCUT2D eigenvalue weighted by atomic mass is 9.84. The minimum absolute atomic E-state index is 0.0164. The number of ether oxygens (including phenoxy) is 1. The molecule has 3 nitrogen and oxygen atoms in total. The maximum Gasteiger partial charge on any atom is 0.416 e. The number of carbonyl (C=O) groups excluding carboxylic acids is 1. The number of hydrogen-bond donors (Lipinski definition) is 0. The Balaban J connectivity index is 1.59. The molecule has 0 N–H and O–H groups in total. The summed E-state index contributed by atoms with van der Waals surface area (Å²) in [4.78, 5) is 14.2. The summed E-state index contributed by atoms with van der Waals surface area (Å²) in [6.45, 7) is 0. The number of piperidine rings is 1. The van der Waals surface area contributed by atoms with E-state index in [9.17, 15) is 44.3 Å². The van der Waals surface area contributed by atoms with E-state index in [1.165, 1.54) is 17.4 Å².